The Kier molecular flexibility index (Phi) is 4.64. The van der Waals surface area contributed by atoms with E-state index in [1.165, 1.54) is 10.2 Å². The Hall–Kier alpha value is -2.63. The molecule has 1 aliphatic carbocycles. The van der Waals surface area contributed by atoms with Gasteiger partial charge in [-0.3, -0.25) is 4.79 Å². The van der Waals surface area contributed by atoms with Crippen LogP contribution in [0.3, 0.4) is 0 Å². The van der Waals surface area contributed by atoms with Crippen LogP contribution >= 0.6 is 0 Å². The van der Waals surface area contributed by atoms with Crippen LogP contribution in [0.4, 0.5) is 10.5 Å². The van der Waals surface area contributed by atoms with Gasteiger partial charge in [-0.25, -0.2) is 9.48 Å². The van der Waals surface area contributed by atoms with Crippen LogP contribution in [0.5, 0.6) is 0 Å². The van der Waals surface area contributed by atoms with Crippen LogP contribution in [0.2, 0.25) is 0 Å². The first-order chi connectivity index (χ1) is 11.5. The number of hydrogen-bond acceptors (Lipinski definition) is 3. The maximum absolute atomic E-state index is 12.0. The highest BCUT2D eigenvalue weighted by molar-refractivity contribution is 5.89. The Morgan fingerprint density at radius 1 is 1.21 bits per heavy atom. The molecule has 6 nitrogen and oxygen atoms in total. The molecule has 2 aromatic rings. The van der Waals surface area contributed by atoms with Gasteiger partial charge < -0.3 is 10.6 Å². The van der Waals surface area contributed by atoms with Gasteiger partial charge >= 0.3 is 6.03 Å². The van der Waals surface area contributed by atoms with E-state index in [1.54, 1.807) is 6.07 Å². The predicted molar refractivity (Wildman–Crippen MR) is 93.5 cm³/mol. The molecule has 0 aliphatic heterocycles. The minimum atomic E-state index is -0.285. The number of amides is 2. The molecule has 24 heavy (non-hydrogen) atoms. The lowest BCUT2D eigenvalue weighted by molar-refractivity contribution is 0.251. The van der Waals surface area contributed by atoms with Crippen LogP contribution in [-0.2, 0) is 19.4 Å². The van der Waals surface area contributed by atoms with Gasteiger partial charge in [0.1, 0.15) is 0 Å². The highest BCUT2D eigenvalue weighted by Gasteiger charge is 2.14. The largest absolute Gasteiger partial charge is 0.336 e. The topological polar surface area (TPSA) is 76.0 Å². The van der Waals surface area contributed by atoms with Crippen LogP contribution < -0.4 is 16.2 Å². The van der Waals surface area contributed by atoms with Crippen molar-refractivity contribution < 1.29 is 4.79 Å². The molecule has 2 N–H and O–H groups in total. The highest BCUT2D eigenvalue weighted by atomic mass is 16.2. The van der Waals surface area contributed by atoms with Crippen LogP contribution in [0.1, 0.15) is 28.8 Å². The van der Waals surface area contributed by atoms with Gasteiger partial charge in [-0.05, 0) is 61.9 Å². The van der Waals surface area contributed by atoms with E-state index in [4.69, 9.17) is 0 Å². The Labute approximate surface area is 140 Å². The molecule has 1 heterocycles. The van der Waals surface area contributed by atoms with Crippen molar-refractivity contribution in [3.8, 4) is 0 Å². The van der Waals surface area contributed by atoms with Crippen molar-refractivity contribution in [2.45, 2.75) is 39.7 Å². The third kappa shape index (κ3) is 3.64. The molecular weight excluding hydrogens is 304 g/mol. The summed E-state index contributed by atoms with van der Waals surface area (Å²) in [5, 5.41) is 9.94. The first-order valence-corrected chi connectivity index (χ1v) is 8.25. The molecule has 1 aromatic carbocycles. The first-order valence-electron chi connectivity index (χ1n) is 8.25. The Balaban J connectivity index is 1.54. The van der Waals surface area contributed by atoms with E-state index in [0.29, 0.717) is 13.1 Å². The van der Waals surface area contributed by atoms with Crippen molar-refractivity contribution in [2.24, 2.45) is 0 Å². The average Bonchev–Trinajstić information content (AvgIpc) is 2.98. The van der Waals surface area contributed by atoms with E-state index in [1.807, 2.05) is 32.0 Å². The highest BCUT2D eigenvalue weighted by Crippen LogP contribution is 2.17. The summed E-state index contributed by atoms with van der Waals surface area (Å²) in [7, 11) is 0. The van der Waals surface area contributed by atoms with Crippen molar-refractivity contribution in [3.63, 3.8) is 0 Å². The number of hydrogen-bond donors (Lipinski definition) is 2. The number of urea groups is 1. The third-order valence-corrected chi connectivity index (χ3v) is 4.40. The van der Waals surface area contributed by atoms with Crippen LogP contribution in [0, 0.1) is 13.8 Å². The maximum Gasteiger partial charge on any atom is 0.319 e. The van der Waals surface area contributed by atoms with Gasteiger partial charge in [0.2, 0.25) is 0 Å². The molecule has 0 fully saturated rings. The number of nitrogens with zero attached hydrogens (tertiary/aromatic N) is 2. The van der Waals surface area contributed by atoms with Gasteiger partial charge in [0.05, 0.1) is 12.2 Å². The summed E-state index contributed by atoms with van der Waals surface area (Å²) in [6, 6.07) is 7.16. The fourth-order valence-corrected chi connectivity index (χ4v) is 2.87. The van der Waals surface area contributed by atoms with Gasteiger partial charge in [-0.15, -0.1) is 0 Å². The Morgan fingerprint density at radius 2 is 2.04 bits per heavy atom. The van der Waals surface area contributed by atoms with Crippen LogP contribution in [0.15, 0.2) is 29.1 Å². The van der Waals surface area contributed by atoms with Gasteiger partial charge in [0.25, 0.3) is 5.56 Å². The van der Waals surface area contributed by atoms with Crippen LogP contribution in [-0.4, -0.2) is 22.4 Å². The van der Waals surface area contributed by atoms with Crippen molar-refractivity contribution in [1.82, 2.24) is 15.1 Å². The number of benzene rings is 1. The van der Waals surface area contributed by atoms with Crippen molar-refractivity contribution in [3.05, 3.63) is 57.0 Å². The molecule has 0 bridgehead atoms. The molecule has 0 atom stereocenters. The number of carbonyl (C=O) groups is 1. The maximum atomic E-state index is 12.0. The summed E-state index contributed by atoms with van der Waals surface area (Å²) < 4.78 is 1.43. The Morgan fingerprint density at radius 3 is 2.83 bits per heavy atom. The van der Waals surface area contributed by atoms with Crippen molar-refractivity contribution >= 4 is 11.7 Å². The normalized spacial score (nSPS) is 12.8. The minimum Gasteiger partial charge on any atom is -0.336 e. The van der Waals surface area contributed by atoms with E-state index < -0.39 is 0 Å². The van der Waals surface area contributed by atoms with E-state index in [2.05, 4.69) is 15.7 Å². The van der Waals surface area contributed by atoms with Gasteiger partial charge in [-0.1, -0.05) is 6.07 Å². The summed E-state index contributed by atoms with van der Waals surface area (Å²) in [4.78, 5) is 23.9. The van der Waals surface area contributed by atoms with Crippen molar-refractivity contribution in [2.75, 3.05) is 11.9 Å². The second-order valence-corrected chi connectivity index (χ2v) is 6.21. The van der Waals surface area contributed by atoms with E-state index in [-0.39, 0.29) is 11.6 Å². The zero-order valence-corrected chi connectivity index (χ0v) is 14.1. The number of aromatic nitrogens is 2. The molecule has 0 saturated heterocycles. The number of fused-ring (bicyclic) bond motifs is 1. The SMILES string of the molecule is Cc1ccc(NC(=O)NCCn2nc3c(cc2=O)CCC3)cc1C. The van der Waals surface area contributed by atoms with E-state index in [9.17, 15) is 9.59 Å². The quantitative estimate of drug-likeness (QED) is 0.904. The van der Waals surface area contributed by atoms with Gasteiger partial charge in [-0.2, -0.15) is 5.10 Å². The summed E-state index contributed by atoms with van der Waals surface area (Å²) in [6.07, 6.45) is 2.92. The smallest absolute Gasteiger partial charge is 0.319 e. The van der Waals surface area contributed by atoms with Crippen molar-refractivity contribution in [1.29, 1.82) is 0 Å². The number of rotatable bonds is 4. The number of nitrogens with one attached hydrogen (secondary N) is 2. The molecule has 2 amide bonds. The average molecular weight is 326 g/mol. The summed E-state index contributed by atoms with van der Waals surface area (Å²) in [5.74, 6) is 0. The summed E-state index contributed by atoms with van der Waals surface area (Å²) in [6.45, 7) is 4.75. The fraction of sp³-hybridized carbons (Fsp3) is 0.389. The van der Waals surface area contributed by atoms with E-state index in [0.717, 1.165) is 41.8 Å². The first kappa shape index (κ1) is 16.2. The molecule has 0 spiro atoms. The lowest BCUT2D eigenvalue weighted by Gasteiger charge is -2.10. The van der Waals surface area contributed by atoms with Gasteiger partial charge in [0.15, 0.2) is 0 Å². The number of aryl methyl sites for hydroxylation is 4. The predicted octanol–water partition coefficient (Wildman–Crippen LogP) is 2.17. The molecule has 126 valence electrons. The second-order valence-electron chi connectivity index (χ2n) is 6.21. The molecule has 0 saturated carbocycles. The lowest BCUT2D eigenvalue weighted by Crippen LogP contribution is -2.34. The van der Waals surface area contributed by atoms with Crippen LogP contribution in [0.25, 0.3) is 0 Å². The zero-order valence-electron chi connectivity index (χ0n) is 14.1. The molecule has 0 unspecified atom stereocenters. The molecule has 1 aliphatic rings. The van der Waals surface area contributed by atoms with Gasteiger partial charge in [0, 0.05) is 18.3 Å². The molecule has 6 heteroatoms. The summed E-state index contributed by atoms with van der Waals surface area (Å²) in [5.41, 5.74) is 5.03. The fourth-order valence-electron chi connectivity index (χ4n) is 2.87. The lowest BCUT2D eigenvalue weighted by atomic mass is 10.1. The molecule has 0 radical (unpaired) electrons. The summed E-state index contributed by atoms with van der Waals surface area (Å²) >= 11 is 0. The standard InChI is InChI=1S/C18H22N4O2/c1-12-6-7-15(10-13(12)2)20-18(24)19-8-9-22-17(23)11-14-4-3-5-16(14)21-22/h6-7,10-11H,3-5,8-9H2,1-2H3,(H2,19,20,24). The zero-order chi connectivity index (χ0) is 17.1. The minimum absolute atomic E-state index is 0.105. The third-order valence-electron chi connectivity index (χ3n) is 4.40. The second kappa shape index (κ2) is 6.86. The molecular formula is C18H22N4O2. The Bertz CT molecular complexity index is 826. The molecule has 3 rings (SSSR count). The van der Waals surface area contributed by atoms with E-state index >= 15 is 0 Å². The molecule has 1 aromatic heterocycles. The number of anilines is 1. The number of carbonyl (C=O) groups excluding carboxylic acids is 1. The monoisotopic (exact) mass is 326 g/mol.